The highest BCUT2D eigenvalue weighted by molar-refractivity contribution is 6.32. The molecule has 1 heterocycles. The first-order chi connectivity index (χ1) is 8.65. The molecule has 4 nitrogen and oxygen atoms in total. The Morgan fingerprint density at radius 3 is 3.11 bits per heavy atom. The van der Waals surface area contributed by atoms with Gasteiger partial charge < -0.3 is 11.1 Å². The summed E-state index contributed by atoms with van der Waals surface area (Å²) in [6.45, 7) is 3.25. The molecule has 0 spiro atoms. The van der Waals surface area contributed by atoms with E-state index in [-0.39, 0.29) is 5.95 Å². The van der Waals surface area contributed by atoms with E-state index < -0.39 is 0 Å². The van der Waals surface area contributed by atoms with Crippen LogP contribution in [0.25, 0.3) is 0 Å². The van der Waals surface area contributed by atoms with E-state index >= 15 is 0 Å². The van der Waals surface area contributed by atoms with Gasteiger partial charge >= 0.3 is 0 Å². The van der Waals surface area contributed by atoms with Gasteiger partial charge in [0.1, 0.15) is 10.8 Å². The number of anilines is 2. The molecule has 0 saturated heterocycles. The number of halogens is 1. The van der Waals surface area contributed by atoms with E-state index in [1.165, 1.54) is 38.3 Å². The minimum absolute atomic E-state index is 0.258. The van der Waals surface area contributed by atoms with Gasteiger partial charge in [-0.15, -0.1) is 0 Å². The maximum absolute atomic E-state index is 6.00. The Bertz CT molecular complexity index is 397. The molecular weight excluding hydrogens is 248 g/mol. The number of hydrogen-bond donors (Lipinski definition) is 2. The molecule has 5 heteroatoms. The summed E-state index contributed by atoms with van der Waals surface area (Å²) in [5.74, 6) is 2.61. The van der Waals surface area contributed by atoms with Gasteiger partial charge in [-0.05, 0) is 24.7 Å². The van der Waals surface area contributed by atoms with Gasteiger partial charge in [0.25, 0.3) is 0 Å². The summed E-state index contributed by atoms with van der Waals surface area (Å²) in [5.41, 5.74) is 5.54. The van der Waals surface area contributed by atoms with Crippen molar-refractivity contribution in [2.75, 3.05) is 17.6 Å². The van der Waals surface area contributed by atoms with Gasteiger partial charge in [-0.3, -0.25) is 0 Å². The van der Waals surface area contributed by atoms with Gasteiger partial charge in [-0.25, -0.2) is 4.98 Å². The highest BCUT2D eigenvalue weighted by Gasteiger charge is 2.18. The Hall–Kier alpha value is -1.03. The SMILES string of the molecule is CC1CCCC(CCNc2nc(N)ncc2Cl)C1. The van der Waals surface area contributed by atoms with Crippen LogP contribution in [-0.4, -0.2) is 16.5 Å². The molecule has 0 aliphatic heterocycles. The number of rotatable bonds is 4. The lowest BCUT2D eigenvalue weighted by atomic mass is 9.81. The third kappa shape index (κ3) is 3.73. The monoisotopic (exact) mass is 268 g/mol. The first-order valence-electron chi connectivity index (χ1n) is 6.67. The molecule has 2 unspecified atom stereocenters. The number of nitrogens with zero attached hydrogens (tertiary/aromatic N) is 2. The number of hydrogen-bond acceptors (Lipinski definition) is 4. The molecule has 2 rings (SSSR count). The average molecular weight is 269 g/mol. The highest BCUT2D eigenvalue weighted by atomic mass is 35.5. The predicted octanol–water partition coefficient (Wildman–Crippen LogP) is 3.34. The fraction of sp³-hybridized carbons (Fsp3) is 0.692. The van der Waals surface area contributed by atoms with Gasteiger partial charge in [0.05, 0.1) is 6.20 Å². The highest BCUT2D eigenvalue weighted by Crippen LogP contribution is 2.30. The van der Waals surface area contributed by atoms with Crippen molar-refractivity contribution < 1.29 is 0 Å². The molecule has 1 aromatic rings. The van der Waals surface area contributed by atoms with Crippen LogP contribution in [0.2, 0.25) is 5.02 Å². The van der Waals surface area contributed by atoms with Crippen molar-refractivity contribution in [1.82, 2.24) is 9.97 Å². The zero-order valence-corrected chi connectivity index (χ0v) is 11.6. The summed E-state index contributed by atoms with van der Waals surface area (Å²) < 4.78 is 0. The minimum Gasteiger partial charge on any atom is -0.369 e. The van der Waals surface area contributed by atoms with E-state index in [1.54, 1.807) is 0 Å². The van der Waals surface area contributed by atoms with E-state index in [2.05, 4.69) is 22.2 Å². The molecule has 2 atom stereocenters. The van der Waals surface area contributed by atoms with Crippen molar-refractivity contribution in [3.05, 3.63) is 11.2 Å². The molecule has 1 saturated carbocycles. The Morgan fingerprint density at radius 1 is 1.50 bits per heavy atom. The molecule has 3 N–H and O–H groups in total. The van der Waals surface area contributed by atoms with E-state index in [0.717, 1.165) is 18.4 Å². The molecule has 1 aliphatic rings. The normalized spacial score (nSPS) is 23.9. The van der Waals surface area contributed by atoms with Gasteiger partial charge in [0.2, 0.25) is 5.95 Å². The van der Waals surface area contributed by atoms with Gasteiger partial charge in [0.15, 0.2) is 0 Å². The number of aromatic nitrogens is 2. The second kappa shape index (κ2) is 6.23. The summed E-state index contributed by atoms with van der Waals surface area (Å²) in [5, 5.41) is 3.78. The minimum atomic E-state index is 0.258. The van der Waals surface area contributed by atoms with E-state index in [1.807, 2.05) is 0 Å². The zero-order chi connectivity index (χ0) is 13.0. The molecule has 1 aromatic heterocycles. The van der Waals surface area contributed by atoms with Crippen molar-refractivity contribution in [2.24, 2.45) is 11.8 Å². The maximum Gasteiger partial charge on any atom is 0.222 e. The summed E-state index contributed by atoms with van der Waals surface area (Å²) >= 11 is 6.00. The zero-order valence-electron chi connectivity index (χ0n) is 10.8. The summed E-state index contributed by atoms with van der Waals surface area (Å²) in [7, 11) is 0. The summed E-state index contributed by atoms with van der Waals surface area (Å²) in [6.07, 6.45) is 8.16. The molecule has 18 heavy (non-hydrogen) atoms. The van der Waals surface area contributed by atoms with Crippen molar-refractivity contribution in [2.45, 2.75) is 39.0 Å². The van der Waals surface area contributed by atoms with Crippen molar-refractivity contribution in [1.29, 1.82) is 0 Å². The molecule has 1 aliphatic carbocycles. The Morgan fingerprint density at radius 2 is 2.33 bits per heavy atom. The number of nitrogen functional groups attached to an aromatic ring is 1. The van der Waals surface area contributed by atoms with E-state index in [9.17, 15) is 0 Å². The first-order valence-corrected chi connectivity index (χ1v) is 7.05. The van der Waals surface area contributed by atoms with Gasteiger partial charge in [0, 0.05) is 6.54 Å². The van der Waals surface area contributed by atoms with Crippen LogP contribution in [0.5, 0.6) is 0 Å². The fourth-order valence-electron chi connectivity index (χ4n) is 2.72. The second-order valence-corrected chi connectivity index (χ2v) is 5.69. The van der Waals surface area contributed by atoms with Crippen LogP contribution in [0.1, 0.15) is 39.0 Å². The summed E-state index contributed by atoms with van der Waals surface area (Å²) in [4.78, 5) is 7.94. The third-order valence-corrected chi connectivity index (χ3v) is 3.93. The first kappa shape index (κ1) is 13.4. The van der Waals surface area contributed by atoms with Crippen LogP contribution >= 0.6 is 11.6 Å². The lowest BCUT2D eigenvalue weighted by molar-refractivity contribution is 0.274. The average Bonchev–Trinajstić information content (AvgIpc) is 2.34. The van der Waals surface area contributed by atoms with E-state index in [0.29, 0.717) is 10.8 Å². The lowest BCUT2D eigenvalue weighted by Gasteiger charge is -2.26. The van der Waals surface area contributed by atoms with E-state index in [4.69, 9.17) is 17.3 Å². The molecular formula is C13H21ClN4. The molecule has 1 fully saturated rings. The van der Waals surface area contributed by atoms with Crippen LogP contribution < -0.4 is 11.1 Å². The molecule has 100 valence electrons. The van der Waals surface area contributed by atoms with Gasteiger partial charge in [-0.2, -0.15) is 4.98 Å². The Labute approximate surface area is 113 Å². The fourth-order valence-corrected chi connectivity index (χ4v) is 2.88. The number of nitrogens with one attached hydrogen (secondary N) is 1. The predicted molar refractivity (Wildman–Crippen MR) is 75.7 cm³/mol. The molecule has 0 radical (unpaired) electrons. The maximum atomic E-state index is 6.00. The van der Waals surface area contributed by atoms with Crippen LogP contribution in [0.3, 0.4) is 0 Å². The second-order valence-electron chi connectivity index (χ2n) is 5.28. The van der Waals surface area contributed by atoms with Crippen molar-refractivity contribution >= 4 is 23.4 Å². The van der Waals surface area contributed by atoms with Crippen LogP contribution in [-0.2, 0) is 0 Å². The van der Waals surface area contributed by atoms with Crippen molar-refractivity contribution in [3.8, 4) is 0 Å². The summed E-state index contributed by atoms with van der Waals surface area (Å²) in [6, 6.07) is 0. The van der Waals surface area contributed by atoms with Crippen LogP contribution in [0.15, 0.2) is 6.20 Å². The molecule has 0 bridgehead atoms. The quantitative estimate of drug-likeness (QED) is 0.879. The topological polar surface area (TPSA) is 63.8 Å². The standard InChI is InChI=1S/C13H21ClN4/c1-9-3-2-4-10(7-9)5-6-16-12-11(14)8-17-13(15)18-12/h8-10H,2-7H2,1H3,(H3,15,16,17,18). The molecule has 0 amide bonds. The smallest absolute Gasteiger partial charge is 0.222 e. The third-order valence-electron chi connectivity index (χ3n) is 3.65. The Kier molecular flexibility index (Phi) is 4.64. The largest absolute Gasteiger partial charge is 0.369 e. The van der Waals surface area contributed by atoms with Crippen LogP contribution in [0, 0.1) is 11.8 Å². The molecule has 0 aromatic carbocycles. The number of nitrogens with two attached hydrogens (primary N) is 1. The lowest BCUT2D eigenvalue weighted by Crippen LogP contribution is -2.17. The Balaban J connectivity index is 1.79. The van der Waals surface area contributed by atoms with Crippen LogP contribution in [0.4, 0.5) is 11.8 Å². The van der Waals surface area contributed by atoms with Gasteiger partial charge in [-0.1, -0.05) is 37.8 Å². The van der Waals surface area contributed by atoms with Crippen molar-refractivity contribution in [3.63, 3.8) is 0 Å².